The van der Waals surface area contributed by atoms with Crippen LogP contribution < -0.4 is 5.32 Å². The van der Waals surface area contributed by atoms with Crippen LogP contribution in [0, 0.1) is 13.8 Å². The number of thiophene rings is 1. The fraction of sp³-hybridized carbons (Fsp3) is 0.276. The third kappa shape index (κ3) is 6.71. The first-order valence-corrected chi connectivity index (χ1v) is 13.8. The monoisotopic (exact) mass is 534 g/mol. The van der Waals surface area contributed by atoms with Crippen LogP contribution in [0.4, 0.5) is 0 Å². The summed E-state index contributed by atoms with van der Waals surface area (Å²) in [5, 5.41) is 17.5. The highest BCUT2D eigenvalue weighted by Gasteiger charge is 2.21. The van der Waals surface area contributed by atoms with E-state index in [2.05, 4.69) is 15.7 Å². The molecule has 0 saturated carbocycles. The lowest BCUT2D eigenvalue weighted by atomic mass is 9.97. The molecule has 0 bridgehead atoms. The molecule has 192 valence electrons. The number of carbonyl (C=O) groups excluding carboxylic acids is 1. The van der Waals surface area contributed by atoms with E-state index in [1.54, 1.807) is 11.3 Å². The smallest absolute Gasteiger partial charge is 0.333 e. The fourth-order valence-electron chi connectivity index (χ4n) is 4.04. The Morgan fingerprint density at radius 2 is 1.81 bits per heavy atom. The molecular weight excluding hydrogens is 504 g/mol. The normalized spacial score (nSPS) is 12.0. The molecule has 0 aliphatic rings. The van der Waals surface area contributed by atoms with Gasteiger partial charge in [-0.3, -0.25) is 4.79 Å². The molecule has 37 heavy (non-hydrogen) atoms. The quantitative estimate of drug-likeness (QED) is 0.242. The van der Waals surface area contributed by atoms with Crippen LogP contribution in [0.1, 0.15) is 45.9 Å². The lowest BCUT2D eigenvalue weighted by Gasteiger charge is -2.18. The predicted molar refractivity (Wildman–Crippen MR) is 149 cm³/mol. The molecule has 0 radical (unpaired) electrons. The number of carboxylic acids is 1. The second-order valence-corrected chi connectivity index (χ2v) is 11.0. The Balaban J connectivity index is 1.56. The van der Waals surface area contributed by atoms with E-state index in [0.717, 1.165) is 32.8 Å². The van der Waals surface area contributed by atoms with Gasteiger partial charge in [-0.25, -0.2) is 9.78 Å². The third-order valence-electron chi connectivity index (χ3n) is 5.88. The molecule has 4 aromatic rings. The number of aliphatic carboxylic acids is 1. The van der Waals surface area contributed by atoms with Gasteiger partial charge >= 0.3 is 5.97 Å². The van der Waals surface area contributed by atoms with E-state index >= 15 is 0 Å². The van der Waals surface area contributed by atoms with Gasteiger partial charge in [-0.2, -0.15) is 11.3 Å². The van der Waals surface area contributed by atoms with Crippen LogP contribution in [0.25, 0.3) is 21.7 Å². The Labute approximate surface area is 225 Å². The maximum Gasteiger partial charge on any atom is 0.333 e. The highest BCUT2D eigenvalue weighted by molar-refractivity contribution is 7.17. The van der Waals surface area contributed by atoms with Crippen LogP contribution in [0.5, 0.6) is 0 Å². The summed E-state index contributed by atoms with van der Waals surface area (Å²) >= 11 is 2.98. The minimum Gasteiger partial charge on any atom is -0.479 e. The summed E-state index contributed by atoms with van der Waals surface area (Å²) in [6.45, 7) is 7.83. The van der Waals surface area contributed by atoms with Gasteiger partial charge in [0.15, 0.2) is 6.10 Å². The number of amides is 1. The van der Waals surface area contributed by atoms with Crippen molar-refractivity contribution in [2.45, 2.75) is 52.9 Å². The molecule has 1 unspecified atom stereocenters. The van der Waals surface area contributed by atoms with Crippen LogP contribution in [-0.4, -0.2) is 34.2 Å². The Hall–Kier alpha value is -3.33. The van der Waals surface area contributed by atoms with Crippen molar-refractivity contribution >= 4 is 34.6 Å². The van der Waals surface area contributed by atoms with Crippen molar-refractivity contribution in [1.29, 1.82) is 0 Å². The van der Waals surface area contributed by atoms with Crippen LogP contribution in [-0.2, 0) is 22.5 Å². The number of nitrogens with zero attached hydrogens (tertiary/aromatic N) is 1. The largest absolute Gasteiger partial charge is 0.479 e. The number of aromatic nitrogens is 1. The summed E-state index contributed by atoms with van der Waals surface area (Å²) < 4.78 is 5.60. The number of nitrogens with one attached hydrogen (secondary N) is 1. The Kier molecular flexibility index (Phi) is 8.53. The summed E-state index contributed by atoms with van der Waals surface area (Å²) in [5.41, 5.74) is 6.67. The van der Waals surface area contributed by atoms with Crippen molar-refractivity contribution in [3.63, 3.8) is 0 Å². The van der Waals surface area contributed by atoms with Crippen LogP contribution in [0.2, 0.25) is 0 Å². The standard InChI is InChI=1S/C29H30N2O4S2/c1-17(2)35-25(29(33)34)14-20-7-10-24(22-11-12-36-16-22)23(13-20)15-30-27(32)26-19(4)31-28(37-26)21-8-5-18(3)6-9-21/h5-13,16-17,25H,14-15H2,1-4H3,(H,30,32)(H,33,34). The summed E-state index contributed by atoms with van der Waals surface area (Å²) in [6.07, 6.45) is -0.890. The first kappa shape index (κ1) is 26.7. The lowest BCUT2D eigenvalue weighted by Crippen LogP contribution is -2.29. The van der Waals surface area contributed by atoms with Crippen molar-refractivity contribution in [2.24, 2.45) is 0 Å². The SMILES string of the molecule is Cc1ccc(-c2nc(C)c(C(=O)NCc3cc(CC(OC(C)C)C(=O)O)ccc3-c3ccsc3)s2)cc1. The van der Waals surface area contributed by atoms with E-state index in [0.29, 0.717) is 17.1 Å². The predicted octanol–water partition coefficient (Wildman–Crippen LogP) is 6.51. The van der Waals surface area contributed by atoms with E-state index in [1.807, 2.05) is 81.6 Å². The molecule has 0 fully saturated rings. The van der Waals surface area contributed by atoms with Crippen molar-refractivity contribution in [2.75, 3.05) is 0 Å². The van der Waals surface area contributed by atoms with Crippen molar-refractivity contribution in [3.8, 4) is 21.7 Å². The molecule has 2 heterocycles. The molecule has 2 aromatic heterocycles. The van der Waals surface area contributed by atoms with E-state index in [1.165, 1.54) is 16.9 Å². The van der Waals surface area contributed by atoms with Gasteiger partial charge in [0.1, 0.15) is 9.88 Å². The molecule has 8 heteroatoms. The Morgan fingerprint density at radius 3 is 2.46 bits per heavy atom. The molecule has 2 aromatic carbocycles. The minimum atomic E-state index is -0.990. The molecule has 4 rings (SSSR count). The molecule has 0 aliphatic carbocycles. The fourth-order valence-corrected chi connectivity index (χ4v) is 5.68. The van der Waals surface area contributed by atoms with Gasteiger partial charge in [-0.1, -0.05) is 48.0 Å². The molecule has 1 amide bonds. The first-order chi connectivity index (χ1) is 17.7. The van der Waals surface area contributed by atoms with Crippen molar-refractivity contribution in [1.82, 2.24) is 10.3 Å². The number of benzene rings is 2. The van der Waals surface area contributed by atoms with E-state index < -0.39 is 12.1 Å². The van der Waals surface area contributed by atoms with E-state index in [4.69, 9.17) is 4.74 Å². The van der Waals surface area contributed by atoms with Crippen LogP contribution in [0.15, 0.2) is 59.3 Å². The minimum absolute atomic E-state index is 0.179. The van der Waals surface area contributed by atoms with E-state index in [9.17, 15) is 14.7 Å². The van der Waals surface area contributed by atoms with Gasteiger partial charge < -0.3 is 15.2 Å². The van der Waals surface area contributed by atoms with Gasteiger partial charge in [0.05, 0.1) is 11.8 Å². The van der Waals surface area contributed by atoms with Gasteiger partial charge in [0.25, 0.3) is 5.91 Å². The maximum atomic E-state index is 13.2. The summed E-state index contributed by atoms with van der Waals surface area (Å²) in [4.78, 5) is 30.1. The number of rotatable bonds is 10. The van der Waals surface area contributed by atoms with Crippen molar-refractivity contribution < 1.29 is 19.4 Å². The number of carbonyl (C=O) groups is 2. The zero-order valence-corrected chi connectivity index (χ0v) is 22.9. The topological polar surface area (TPSA) is 88.5 Å². The third-order valence-corrected chi connectivity index (χ3v) is 7.76. The Bertz CT molecular complexity index is 1380. The molecule has 0 aliphatic heterocycles. The Morgan fingerprint density at radius 1 is 1.05 bits per heavy atom. The first-order valence-electron chi connectivity index (χ1n) is 12.1. The number of carboxylic acid groups (broad SMARTS) is 1. The van der Waals surface area contributed by atoms with Crippen molar-refractivity contribution in [3.05, 3.63) is 86.6 Å². The number of thiazole rings is 1. The molecule has 0 spiro atoms. The highest BCUT2D eigenvalue weighted by atomic mass is 32.1. The average molecular weight is 535 g/mol. The van der Waals surface area contributed by atoms with Gasteiger partial charge in [0.2, 0.25) is 0 Å². The summed E-state index contributed by atoms with van der Waals surface area (Å²) in [5.74, 6) is -1.17. The van der Waals surface area contributed by atoms with Gasteiger partial charge in [-0.05, 0) is 66.8 Å². The lowest BCUT2D eigenvalue weighted by molar-refractivity contribution is -0.153. The average Bonchev–Trinajstić information content (AvgIpc) is 3.52. The van der Waals surface area contributed by atoms with Gasteiger partial charge in [0, 0.05) is 18.5 Å². The summed E-state index contributed by atoms with van der Waals surface area (Å²) in [6, 6.07) is 16.0. The number of hydrogen-bond donors (Lipinski definition) is 2. The molecule has 1 atom stereocenters. The highest BCUT2D eigenvalue weighted by Crippen LogP contribution is 2.30. The second kappa shape index (κ2) is 11.8. The molecule has 6 nitrogen and oxygen atoms in total. The number of ether oxygens (including phenoxy) is 1. The van der Waals surface area contributed by atoms with Gasteiger partial charge in [-0.15, -0.1) is 11.3 Å². The zero-order valence-electron chi connectivity index (χ0n) is 21.3. The number of hydrogen-bond acceptors (Lipinski definition) is 6. The maximum absolute atomic E-state index is 13.2. The van der Waals surface area contributed by atoms with Crippen LogP contribution >= 0.6 is 22.7 Å². The van der Waals surface area contributed by atoms with E-state index in [-0.39, 0.29) is 18.4 Å². The zero-order chi connectivity index (χ0) is 26.5. The molecule has 2 N–H and O–H groups in total. The molecular formula is C29H30N2O4S2. The second-order valence-electron chi connectivity index (χ2n) is 9.20. The number of aryl methyl sites for hydroxylation is 2. The summed E-state index contributed by atoms with van der Waals surface area (Å²) in [7, 11) is 0. The van der Waals surface area contributed by atoms with Crippen LogP contribution in [0.3, 0.4) is 0 Å². The molecule has 0 saturated heterocycles.